The topological polar surface area (TPSA) is 12.0 Å². The Hall–Kier alpha value is -1.31. The monoisotopic (exact) mass is 259 g/mol. The predicted octanol–water partition coefficient (Wildman–Crippen LogP) is 4.29. The van der Waals surface area contributed by atoms with E-state index >= 15 is 0 Å². The molecule has 2 heteroatoms. The molecule has 0 saturated carbocycles. The van der Waals surface area contributed by atoms with Crippen LogP contribution in [0, 0.1) is 0 Å². The van der Waals surface area contributed by atoms with E-state index in [1.54, 1.807) is 0 Å². The van der Waals surface area contributed by atoms with E-state index in [0.717, 1.165) is 23.6 Å². The molecule has 0 fully saturated rings. The third-order valence-corrected chi connectivity index (χ3v) is 3.37. The van der Waals surface area contributed by atoms with Crippen molar-refractivity contribution in [3.8, 4) is 11.1 Å². The highest BCUT2D eigenvalue weighted by Crippen LogP contribution is 2.29. The van der Waals surface area contributed by atoms with Crippen molar-refractivity contribution >= 4 is 11.6 Å². The summed E-state index contributed by atoms with van der Waals surface area (Å²) < 4.78 is 0. The van der Waals surface area contributed by atoms with E-state index < -0.39 is 0 Å². The molecule has 0 radical (unpaired) electrons. The maximum atomic E-state index is 6.37. The number of halogens is 1. The van der Waals surface area contributed by atoms with Gasteiger partial charge in [-0.3, -0.25) is 0 Å². The molecule has 0 aliphatic carbocycles. The van der Waals surface area contributed by atoms with Crippen LogP contribution in [0.4, 0.5) is 0 Å². The molecule has 0 spiro atoms. The molecule has 0 bridgehead atoms. The van der Waals surface area contributed by atoms with E-state index in [2.05, 4.69) is 48.6 Å². The Morgan fingerprint density at radius 1 is 1.06 bits per heavy atom. The minimum Gasteiger partial charge on any atom is -0.316 e. The minimum absolute atomic E-state index is 0.816. The Morgan fingerprint density at radius 3 is 2.56 bits per heavy atom. The molecular formula is C16H18ClN. The molecule has 0 amide bonds. The fourth-order valence-corrected chi connectivity index (χ4v) is 2.38. The van der Waals surface area contributed by atoms with Crippen LogP contribution in [-0.4, -0.2) is 7.05 Å². The second-order valence-corrected chi connectivity index (χ2v) is 4.81. The molecule has 0 heterocycles. The van der Waals surface area contributed by atoms with Gasteiger partial charge in [0.2, 0.25) is 0 Å². The second-order valence-electron chi connectivity index (χ2n) is 4.40. The van der Waals surface area contributed by atoms with Crippen molar-refractivity contribution in [3.63, 3.8) is 0 Å². The van der Waals surface area contributed by atoms with Crippen molar-refractivity contribution in [1.29, 1.82) is 0 Å². The maximum Gasteiger partial charge on any atom is 0.0487 e. The van der Waals surface area contributed by atoms with Crippen LogP contribution in [0.2, 0.25) is 5.02 Å². The first-order chi connectivity index (χ1) is 8.74. The van der Waals surface area contributed by atoms with Crippen LogP contribution in [-0.2, 0) is 13.0 Å². The fourth-order valence-electron chi connectivity index (χ4n) is 2.07. The summed E-state index contributed by atoms with van der Waals surface area (Å²) in [6, 6.07) is 14.8. The largest absolute Gasteiger partial charge is 0.316 e. The number of hydrogen-bond acceptors (Lipinski definition) is 1. The van der Waals surface area contributed by atoms with Gasteiger partial charge in [0.25, 0.3) is 0 Å². The molecule has 2 aromatic carbocycles. The van der Waals surface area contributed by atoms with Crippen LogP contribution in [0.1, 0.15) is 18.1 Å². The van der Waals surface area contributed by atoms with Crippen LogP contribution in [0.15, 0.2) is 42.5 Å². The third-order valence-electron chi connectivity index (χ3n) is 3.06. The lowest BCUT2D eigenvalue weighted by Crippen LogP contribution is -2.04. The van der Waals surface area contributed by atoms with Gasteiger partial charge in [-0.05, 0) is 36.2 Å². The van der Waals surface area contributed by atoms with Crippen LogP contribution in [0.5, 0.6) is 0 Å². The molecule has 0 saturated heterocycles. The Bertz CT molecular complexity index is 534. The van der Waals surface area contributed by atoms with E-state index in [4.69, 9.17) is 11.6 Å². The maximum absolute atomic E-state index is 6.37. The average molecular weight is 260 g/mol. The van der Waals surface area contributed by atoms with Crippen molar-refractivity contribution < 1.29 is 0 Å². The summed E-state index contributed by atoms with van der Waals surface area (Å²) in [5, 5.41) is 3.95. The number of hydrogen-bond donors (Lipinski definition) is 1. The summed E-state index contributed by atoms with van der Waals surface area (Å²) in [5.41, 5.74) is 4.84. The number of rotatable bonds is 4. The SMILES string of the molecule is CCc1cccc(-c2ccc(CNC)cc2Cl)c1. The van der Waals surface area contributed by atoms with E-state index in [0.29, 0.717) is 0 Å². The van der Waals surface area contributed by atoms with Gasteiger partial charge in [-0.1, -0.05) is 54.9 Å². The highest BCUT2D eigenvalue weighted by atomic mass is 35.5. The smallest absolute Gasteiger partial charge is 0.0487 e. The number of benzene rings is 2. The zero-order chi connectivity index (χ0) is 13.0. The van der Waals surface area contributed by atoms with Gasteiger partial charge < -0.3 is 5.32 Å². The third kappa shape index (κ3) is 2.92. The molecule has 18 heavy (non-hydrogen) atoms. The van der Waals surface area contributed by atoms with Gasteiger partial charge in [-0.25, -0.2) is 0 Å². The lowest BCUT2D eigenvalue weighted by molar-refractivity contribution is 0.818. The lowest BCUT2D eigenvalue weighted by Gasteiger charge is -2.08. The zero-order valence-corrected chi connectivity index (χ0v) is 11.6. The highest BCUT2D eigenvalue weighted by molar-refractivity contribution is 6.33. The quantitative estimate of drug-likeness (QED) is 0.864. The summed E-state index contributed by atoms with van der Waals surface area (Å²) in [4.78, 5) is 0. The predicted molar refractivity (Wildman–Crippen MR) is 79.0 cm³/mol. The van der Waals surface area contributed by atoms with E-state index in [1.807, 2.05) is 13.1 Å². The van der Waals surface area contributed by atoms with E-state index in [9.17, 15) is 0 Å². The normalized spacial score (nSPS) is 10.6. The van der Waals surface area contributed by atoms with Gasteiger partial charge in [0, 0.05) is 17.1 Å². The molecule has 0 aliphatic heterocycles. The first kappa shape index (κ1) is 13.1. The van der Waals surface area contributed by atoms with Gasteiger partial charge in [0.15, 0.2) is 0 Å². The van der Waals surface area contributed by atoms with Crippen LogP contribution in [0.25, 0.3) is 11.1 Å². The second kappa shape index (κ2) is 6.03. The molecular weight excluding hydrogens is 242 g/mol. The van der Waals surface area contributed by atoms with Gasteiger partial charge in [0.05, 0.1) is 0 Å². The van der Waals surface area contributed by atoms with Crippen molar-refractivity contribution in [3.05, 3.63) is 58.6 Å². The summed E-state index contributed by atoms with van der Waals surface area (Å²) in [5.74, 6) is 0. The summed E-state index contributed by atoms with van der Waals surface area (Å²) in [6.07, 6.45) is 1.04. The summed E-state index contributed by atoms with van der Waals surface area (Å²) >= 11 is 6.37. The first-order valence-electron chi connectivity index (χ1n) is 6.27. The van der Waals surface area contributed by atoms with Crippen molar-refractivity contribution in [2.75, 3.05) is 7.05 Å². The molecule has 2 rings (SSSR count). The van der Waals surface area contributed by atoms with Gasteiger partial charge in [-0.2, -0.15) is 0 Å². The molecule has 0 aromatic heterocycles. The Labute approximate surface area is 114 Å². The zero-order valence-electron chi connectivity index (χ0n) is 10.8. The lowest BCUT2D eigenvalue weighted by atomic mass is 10.0. The van der Waals surface area contributed by atoms with Crippen molar-refractivity contribution in [2.24, 2.45) is 0 Å². The number of nitrogens with one attached hydrogen (secondary N) is 1. The molecule has 0 aliphatic rings. The van der Waals surface area contributed by atoms with Crippen molar-refractivity contribution in [1.82, 2.24) is 5.32 Å². The van der Waals surface area contributed by atoms with Gasteiger partial charge >= 0.3 is 0 Å². The first-order valence-corrected chi connectivity index (χ1v) is 6.64. The molecule has 1 N–H and O–H groups in total. The molecule has 2 aromatic rings. The molecule has 1 nitrogen and oxygen atoms in total. The average Bonchev–Trinajstić information content (AvgIpc) is 2.39. The molecule has 0 unspecified atom stereocenters. The van der Waals surface area contributed by atoms with Crippen LogP contribution < -0.4 is 5.32 Å². The standard InChI is InChI=1S/C16H18ClN/c1-3-12-5-4-6-14(9-12)15-8-7-13(11-18-2)10-16(15)17/h4-10,18H,3,11H2,1-2H3. The minimum atomic E-state index is 0.816. The van der Waals surface area contributed by atoms with Gasteiger partial charge in [-0.15, -0.1) is 0 Å². The van der Waals surface area contributed by atoms with E-state index in [1.165, 1.54) is 16.7 Å². The van der Waals surface area contributed by atoms with E-state index in [-0.39, 0.29) is 0 Å². The summed E-state index contributed by atoms with van der Waals surface area (Å²) in [6.45, 7) is 3.01. The number of aryl methyl sites for hydroxylation is 1. The highest BCUT2D eigenvalue weighted by Gasteiger charge is 2.05. The van der Waals surface area contributed by atoms with Crippen LogP contribution >= 0.6 is 11.6 Å². The van der Waals surface area contributed by atoms with Gasteiger partial charge in [0.1, 0.15) is 0 Å². The Morgan fingerprint density at radius 2 is 1.89 bits per heavy atom. The Balaban J connectivity index is 2.38. The summed E-state index contributed by atoms with van der Waals surface area (Å²) in [7, 11) is 1.94. The van der Waals surface area contributed by atoms with Crippen molar-refractivity contribution in [2.45, 2.75) is 19.9 Å². The Kier molecular flexibility index (Phi) is 4.40. The molecule has 94 valence electrons. The molecule has 0 atom stereocenters. The van der Waals surface area contributed by atoms with Crippen LogP contribution in [0.3, 0.4) is 0 Å². The fraction of sp³-hybridized carbons (Fsp3) is 0.250.